The Balaban J connectivity index is 1.73. The van der Waals surface area contributed by atoms with E-state index in [4.69, 9.17) is 16.0 Å². The summed E-state index contributed by atoms with van der Waals surface area (Å²) in [6.45, 7) is 1.84. The van der Waals surface area contributed by atoms with E-state index >= 15 is 0 Å². The number of amides is 1. The van der Waals surface area contributed by atoms with Gasteiger partial charge in [0.2, 0.25) is 0 Å². The Morgan fingerprint density at radius 2 is 2.09 bits per heavy atom. The van der Waals surface area contributed by atoms with Crippen LogP contribution in [-0.4, -0.2) is 15.6 Å². The zero-order valence-corrected chi connectivity index (χ0v) is 13.0. The van der Waals surface area contributed by atoms with Crippen molar-refractivity contribution in [2.75, 3.05) is 5.43 Å². The lowest BCUT2D eigenvalue weighted by Crippen LogP contribution is -2.22. The highest BCUT2D eigenvalue weighted by Gasteiger charge is 2.18. The Bertz CT molecular complexity index is 1050. The topological polar surface area (TPSA) is 60.1 Å². The molecule has 0 atom stereocenters. The van der Waals surface area contributed by atoms with Gasteiger partial charge in [0.15, 0.2) is 5.76 Å². The summed E-state index contributed by atoms with van der Waals surface area (Å²) < 4.78 is 7.25. The van der Waals surface area contributed by atoms with E-state index in [0.29, 0.717) is 10.6 Å². The molecule has 0 aliphatic rings. The van der Waals surface area contributed by atoms with Crippen LogP contribution in [-0.2, 0) is 0 Å². The molecule has 1 N–H and O–H groups in total. The molecule has 4 rings (SSSR count). The highest BCUT2D eigenvalue weighted by atomic mass is 35.5. The summed E-state index contributed by atoms with van der Waals surface area (Å²) >= 11 is 6.01. The fourth-order valence-corrected chi connectivity index (χ4v) is 2.79. The summed E-state index contributed by atoms with van der Waals surface area (Å²) in [6, 6.07) is 12.8. The molecule has 0 aliphatic heterocycles. The second-order valence-electron chi connectivity index (χ2n) is 5.24. The monoisotopic (exact) mass is 325 g/mol. The standard InChI is InChI=1S/C17H12ClN3O2/c1-10-12-8-11(18)6-7-15(12)23-16(10)17(22)20-21-9-19-13-4-2-3-5-14(13)21/h2-9H,1H3,(H,20,22). The molecule has 1 amide bonds. The van der Waals surface area contributed by atoms with E-state index in [0.717, 1.165) is 22.0 Å². The first kappa shape index (κ1) is 13.8. The molecule has 0 unspecified atom stereocenters. The Labute approximate surface area is 136 Å². The summed E-state index contributed by atoms with van der Waals surface area (Å²) in [6.07, 6.45) is 1.57. The van der Waals surface area contributed by atoms with E-state index in [9.17, 15) is 4.79 Å². The Morgan fingerprint density at radius 3 is 2.96 bits per heavy atom. The molecule has 0 fully saturated rings. The Morgan fingerprint density at radius 1 is 1.26 bits per heavy atom. The van der Waals surface area contributed by atoms with Crippen molar-refractivity contribution in [3.05, 3.63) is 65.1 Å². The normalized spacial score (nSPS) is 11.2. The maximum Gasteiger partial charge on any atom is 0.306 e. The third-order valence-corrected chi connectivity index (χ3v) is 4.02. The molecule has 5 nitrogen and oxygen atoms in total. The predicted octanol–water partition coefficient (Wildman–Crippen LogP) is 4.13. The number of furan rings is 1. The molecule has 0 radical (unpaired) electrons. The third-order valence-electron chi connectivity index (χ3n) is 3.78. The van der Waals surface area contributed by atoms with Crippen LogP contribution in [0.25, 0.3) is 22.0 Å². The second kappa shape index (κ2) is 5.14. The van der Waals surface area contributed by atoms with Crippen LogP contribution in [0.3, 0.4) is 0 Å². The van der Waals surface area contributed by atoms with Gasteiger partial charge in [-0.15, -0.1) is 0 Å². The largest absolute Gasteiger partial charge is 0.451 e. The van der Waals surface area contributed by atoms with Crippen LogP contribution < -0.4 is 5.43 Å². The Hall–Kier alpha value is -2.79. The van der Waals surface area contributed by atoms with Crippen LogP contribution in [0.4, 0.5) is 0 Å². The predicted molar refractivity (Wildman–Crippen MR) is 89.4 cm³/mol. The number of para-hydroxylation sites is 2. The summed E-state index contributed by atoms with van der Waals surface area (Å²) in [4.78, 5) is 16.8. The average Bonchev–Trinajstić information content (AvgIpc) is 3.10. The lowest BCUT2D eigenvalue weighted by atomic mass is 10.1. The van der Waals surface area contributed by atoms with Crippen molar-refractivity contribution in [3.8, 4) is 0 Å². The first-order valence-electron chi connectivity index (χ1n) is 7.05. The number of carbonyl (C=O) groups excluding carboxylic acids is 1. The van der Waals surface area contributed by atoms with Gasteiger partial charge in [0.1, 0.15) is 11.9 Å². The smallest absolute Gasteiger partial charge is 0.306 e. The van der Waals surface area contributed by atoms with E-state index in [1.165, 1.54) is 0 Å². The molecule has 0 bridgehead atoms. The number of carbonyl (C=O) groups is 1. The van der Waals surface area contributed by atoms with Crippen molar-refractivity contribution in [1.82, 2.24) is 9.66 Å². The van der Waals surface area contributed by atoms with Crippen molar-refractivity contribution in [1.29, 1.82) is 0 Å². The fourth-order valence-electron chi connectivity index (χ4n) is 2.62. The first-order valence-corrected chi connectivity index (χ1v) is 7.43. The number of aryl methyl sites for hydroxylation is 1. The summed E-state index contributed by atoms with van der Waals surface area (Å²) in [5.41, 5.74) is 5.80. The number of hydrogen-bond acceptors (Lipinski definition) is 3. The van der Waals surface area contributed by atoms with Crippen LogP contribution in [0.2, 0.25) is 5.02 Å². The number of halogens is 1. The molecule has 23 heavy (non-hydrogen) atoms. The van der Waals surface area contributed by atoms with Gasteiger partial charge in [-0.1, -0.05) is 23.7 Å². The summed E-state index contributed by atoms with van der Waals surface area (Å²) in [5.74, 6) is -0.0713. The zero-order valence-electron chi connectivity index (χ0n) is 12.2. The minimum absolute atomic E-state index is 0.264. The van der Waals surface area contributed by atoms with Gasteiger partial charge in [-0.2, -0.15) is 0 Å². The number of fused-ring (bicyclic) bond motifs is 2. The van der Waals surface area contributed by atoms with Crippen LogP contribution in [0.15, 0.2) is 53.2 Å². The van der Waals surface area contributed by atoms with E-state index in [1.54, 1.807) is 29.2 Å². The minimum atomic E-state index is -0.335. The van der Waals surface area contributed by atoms with Crippen LogP contribution in [0.5, 0.6) is 0 Å². The number of hydrogen-bond donors (Lipinski definition) is 1. The van der Waals surface area contributed by atoms with Gasteiger partial charge in [0.05, 0.1) is 11.0 Å². The van der Waals surface area contributed by atoms with Gasteiger partial charge in [-0.3, -0.25) is 10.2 Å². The third kappa shape index (κ3) is 2.26. The number of nitrogens with zero attached hydrogens (tertiary/aromatic N) is 2. The van der Waals surface area contributed by atoms with E-state index < -0.39 is 0 Å². The molecule has 4 aromatic rings. The maximum atomic E-state index is 12.5. The SMILES string of the molecule is Cc1c(C(=O)Nn2cnc3ccccc32)oc2ccc(Cl)cc12. The van der Waals surface area contributed by atoms with Gasteiger partial charge >= 0.3 is 5.91 Å². The van der Waals surface area contributed by atoms with Crippen molar-refractivity contribution in [2.24, 2.45) is 0 Å². The summed E-state index contributed by atoms with van der Waals surface area (Å²) in [5, 5.41) is 1.44. The van der Waals surface area contributed by atoms with E-state index in [-0.39, 0.29) is 11.7 Å². The van der Waals surface area contributed by atoms with Crippen molar-refractivity contribution in [2.45, 2.75) is 6.92 Å². The zero-order chi connectivity index (χ0) is 16.0. The van der Waals surface area contributed by atoms with Gasteiger partial charge in [-0.05, 0) is 37.3 Å². The van der Waals surface area contributed by atoms with Crippen molar-refractivity contribution in [3.63, 3.8) is 0 Å². The van der Waals surface area contributed by atoms with Crippen molar-refractivity contribution >= 4 is 39.5 Å². The number of imidazole rings is 1. The van der Waals surface area contributed by atoms with E-state index in [2.05, 4.69) is 10.4 Å². The van der Waals surface area contributed by atoms with Gasteiger partial charge in [0.25, 0.3) is 0 Å². The molecular weight excluding hydrogens is 314 g/mol. The molecule has 0 spiro atoms. The highest BCUT2D eigenvalue weighted by molar-refractivity contribution is 6.31. The van der Waals surface area contributed by atoms with Crippen LogP contribution in [0, 0.1) is 6.92 Å². The molecule has 114 valence electrons. The number of nitrogens with one attached hydrogen (secondary N) is 1. The molecule has 2 aromatic heterocycles. The second-order valence-corrected chi connectivity index (χ2v) is 5.68. The first-order chi connectivity index (χ1) is 11.1. The molecule has 6 heteroatoms. The average molecular weight is 326 g/mol. The Kier molecular flexibility index (Phi) is 3.09. The lowest BCUT2D eigenvalue weighted by molar-refractivity contribution is 0.0983. The molecule has 0 saturated heterocycles. The van der Waals surface area contributed by atoms with Crippen LogP contribution >= 0.6 is 11.6 Å². The van der Waals surface area contributed by atoms with Crippen LogP contribution in [0.1, 0.15) is 16.1 Å². The maximum absolute atomic E-state index is 12.5. The van der Waals surface area contributed by atoms with Gasteiger partial charge in [0, 0.05) is 16.0 Å². The molecule has 0 aliphatic carbocycles. The molecule has 2 heterocycles. The summed E-state index contributed by atoms with van der Waals surface area (Å²) in [7, 11) is 0. The van der Waals surface area contributed by atoms with Gasteiger partial charge in [-0.25, -0.2) is 9.66 Å². The number of benzene rings is 2. The lowest BCUT2D eigenvalue weighted by Gasteiger charge is -2.05. The molecule has 2 aromatic carbocycles. The fraction of sp³-hybridized carbons (Fsp3) is 0.0588. The van der Waals surface area contributed by atoms with Gasteiger partial charge < -0.3 is 4.42 Å². The number of rotatable bonds is 2. The molecular formula is C17H12ClN3O2. The van der Waals surface area contributed by atoms with E-state index in [1.807, 2.05) is 31.2 Å². The number of aromatic nitrogens is 2. The quantitative estimate of drug-likeness (QED) is 0.603. The highest BCUT2D eigenvalue weighted by Crippen LogP contribution is 2.28. The van der Waals surface area contributed by atoms with Crippen molar-refractivity contribution < 1.29 is 9.21 Å². The minimum Gasteiger partial charge on any atom is -0.451 e. The molecule has 0 saturated carbocycles.